The molecule has 4 N–H and O–H groups in total. The fourth-order valence-electron chi connectivity index (χ4n) is 0.287. The van der Waals surface area contributed by atoms with E-state index in [1.165, 1.54) is 0 Å². The number of rotatable bonds is 6. The van der Waals surface area contributed by atoms with Gasteiger partial charge in [-0.1, -0.05) is 0 Å². The fraction of sp³-hybridized carbons (Fsp3) is 1.00. The molecule has 0 aromatic heterocycles. The minimum atomic E-state index is -0.380. The normalized spacial score (nSPS) is 17.9. The molecule has 2 atom stereocenters. The molecule has 97 valence electrons. The Balaban J connectivity index is 3.81. The maximum absolute atomic E-state index is 5.86. The Kier molecular flexibility index (Phi) is 5.75. The van der Waals surface area contributed by atoms with Crippen molar-refractivity contribution >= 4 is 0 Å². The van der Waals surface area contributed by atoms with Gasteiger partial charge in [0.1, 0.15) is 0 Å². The van der Waals surface area contributed by atoms with Crippen molar-refractivity contribution < 1.29 is 23.3 Å². The molecule has 0 heterocycles. The second-order valence-electron chi connectivity index (χ2n) is 5.12. The molecule has 0 bridgehead atoms. The van der Waals surface area contributed by atoms with Crippen LogP contribution in [-0.4, -0.2) is 23.3 Å². The van der Waals surface area contributed by atoms with E-state index in [4.69, 9.17) is 19.1 Å². The Morgan fingerprint density at radius 1 is 0.867 bits per heavy atom. The molecule has 0 aromatic carbocycles. The van der Waals surface area contributed by atoms with Crippen LogP contribution in [0.4, 0.5) is 0 Å². The summed E-state index contributed by atoms with van der Waals surface area (Å²) in [6, 6.07) is 0. The van der Waals surface area contributed by atoms with Gasteiger partial charge in [0.05, 0.1) is 0 Å². The van der Waals surface area contributed by atoms with E-state index in [9.17, 15) is 0 Å². The van der Waals surface area contributed by atoms with Crippen LogP contribution in [0, 0.1) is 0 Å². The number of hydrogen-bond acceptors (Lipinski definition) is 4. The first-order valence-corrected chi connectivity index (χ1v) is 5.80. The molecule has 0 spiro atoms. The maximum atomic E-state index is 5.86. The van der Waals surface area contributed by atoms with E-state index >= 15 is 0 Å². The summed E-state index contributed by atoms with van der Waals surface area (Å²) in [6.07, 6.45) is -0.184. The average molecular weight is 268 g/mol. The minimum absolute atomic E-state index is 0.0920. The first-order chi connectivity index (χ1) is 6.55. The SMILES string of the molecule is CC([O][Cu][O]C(C)C(C)(C)N)C(C)(C)N. The van der Waals surface area contributed by atoms with E-state index < -0.39 is 0 Å². The molecule has 0 radical (unpaired) electrons. The molecule has 0 aliphatic carbocycles. The molecule has 0 fully saturated rings. The molecule has 0 aliphatic heterocycles. The van der Waals surface area contributed by atoms with Crippen LogP contribution in [0.5, 0.6) is 0 Å². The van der Waals surface area contributed by atoms with Crippen LogP contribution in [-0.2, 0) is 23.3 Å². The average Bonchev–Trinajstić information content (AvgIpc) is 2.00. The van der Waals surface area contributed by atoms with Crippen molar-refractivity contribution in [1.29, 1.82) is 0 Å². The second kappa shape index (κ2) is 5.62. The van der Waals surface area contributed by atoms with E-state index in [0.29, 0.717) is 0 Å². The zero-order chi connectivity index (χ0) is 12.3. The van der Waals surface area contributed by atoms with E-state index in [1.807, 2.05) is 41.5 Å². The predicted molar refractivity (Wildman–Crippen MR) is 57.6 cm³/mol. The van der Waals surface area contributed by atoms with Gasteiger partial charge in [0.2, 0.25) is 0 Å². The van der Waals surface area contributed by atoms with Gasteiger partial charge in [-0.3, -0.25) is 0 Å². The van der Waals surface area contributed by atoms with Crippen molar-refractivity contribution in [3.63, 3.8) is 0 Å². The summed E-state index contributed by atoms with van der Waals surface area (Å²) in [7, 11) is 0. The van der Waals surface area contributed by atoms with E-state index in [0.717, 1.165) is 15.6 Å². The van der Waals surface area contributed by atoms with E-state index in [1.54, 1.807) is 0 Å². The summed E-state index contributed by atoms with van der Waals surface area (Å²) in [5, 5.41) is 0. The predicted octanol–water partition coefficient (Wildman–Crippen LogP) is 1.18. The first kappa shape index (κ1) is 15.4. The molecule has 0 rings (SSSR count). The van der Waals surface area contributed by atoms with Crippen molar-refractivity contribution in [2.45, 2.75) is 64.8 Å². The van der Waals surface area contributed by atoms with Crippen molar-refractivity contribution in [3.8, 4) is 0 Å². The third-order valence-corrected chi connectivity index (χ3v) is 3.21. The first-order valence-electron chi connectivity index (χ1n) is 5.03. The Morgan fingerprint density at radius 2 is 1.13 bits per heavy atom. The van der Waals surface area contributed by atoms with Crippen LogP contribution in [0.2, 0.25) is 0 Å². The van der Waals surface area contributed by atoms with Crippen molar-refractivity contribution in [1.82, 2.24) is 0 Å². The molecule has 0 aromatic rings. The summed E-state index contributed by atoms with van der Waals surface area (Å²) < 4.78 is 10.8. The Bertz CT molecular complexity index is 167. The molecule has 0 saturated carbocycles. The molecule has 5 heteroatoms. The van der Waals surface area contributed by atoms with Gasteiger partial charge in [-0.05, 0) is 0 Å². The fourth-order valence-corrected chi connectivity index (χ4v) is 1.18. The zero-order valence-electron chi connectivity index (χ0n) is 10.4. The summed E-state index contributed by atoms with van der Waals surface area (Å²) in [5.41, 5.74) is 11.0. The van der Waals surface area contributed by atoms with Gasteiger partial charge in [-0.25, -0.2) is 0 Å². The third kappa shape index (κ3) is 6.51. The van der Waals surface area contributed by atoms with Gasteiger partial charge in [-0.2, -0.15) is 0 Å². The zero-order valence-corrected chi connectivity index (χ0v) is 11.4. The van der Waals surface area contributed by atoms with Gasteiger partial charge in [0, 0.05) is 0 Å². The topological polar surface area (TPSA) is 70.5 Å². The monoisotopic (exact) mass is 267 g/mol. The summed E-state index contributed by atoms with van der Waals surface area (Å²) >= 11 is 1.06. The number of nitrogens with two attached hydrogens (primary N) is 2. The standard InChI is InChI=1S/2C5H12NO.Cu/c2*1-4(7)5(2,3)6;/h2*4H,6H2,1-3H3;/q2*-1;+2. The van der Waals surface area contributed by atoms with Crippen LogP contribution in [0.3, 0.4) is 0 Å². The quantitative estimate of drug-likeness (QED) is 0.709. The molecule has 15 heavy (non-hydrogen) atoms. The van der Waals surface area contributed by atoms with Crippen LogP contribution >= 0.6 is 0 Å². The van der Waals surface area contributed by atoms with Crippen LogP contribution in [0.25, 0.3) is 0 Å². The molecule has 0 saturated heterocycles. The Hall–Kier alpha value is 0.359. The van der Waals surface area contributed by atoms with Crippen molar-refractivity contribution in [2.24, 2.45) is 11.5 Å². The van der Waals surface area contributed by atoms with E-state index in [-0.39, 0.29) is 23.3 Å². The van der Waals surface area contributed by atoms with Gasteiger partial charge in [0.15, 0.2) is 0 Å². The van der Waals surface area contributed by atoms with Gasteiger partial charge in [0.25, 0.3) is 0 Å². The summed E-state index contributed by atoms with van der Waals surface area (Å²) in [6.45, 7) is 11.5. The van der Waals surface area contributed by atoms with E-state index in [2.05, 4.69) is 0 Å². The van der Waals surface area contributed by atoms with Gasteiger partial charge in [-0.15, -0.1) is 0 Å². The summed E-state index contributed by atoms with van der Waals surface area (Å²) in [5.74, 6) is 0. The molecule has 2 unspecified atom stereocenters. The van der Waals surface area contributed by atoms with Crippen LogP contribution in [0.15, 0.2) is 0 Å². The molecule has 0 amide bonds. The molecular weight excluding hydrogens is 244 g/mol. The molecule has 0 aliphatic rings. The van der Waals surface area contributed by atoms with Gasteiger partial charge < -0.3 is 0 Å². The van der Waals surface area contributed by atoms with Crippen molar-refractivity contribution in [3.05, 3.63) is 0 Å². The Labute approximate surface area is 99.9 Å². The van der Waals surface area contributed by atoms with Crippen molar-refractivity contribution in [2.75, 3.05) is 0 Å². The number of hydrogen-bond donors (Lipinski definition) is 2. The molecule has 4 nitrogen and oxygen atoms in total. The second-order valence-corrected chi connectivity index (χ2v) is 5.72. The van der Waals surface area contributed by atoms with Gasteiger partial charge >= 0.3 is 99.6 Å². The Morgan fingerprint density at radius 3 is 1.33 bits per heavy atom. The van der Waals surface area contributed by atoms with Crippen LogP contribution < -0.4 is 11.5 Å². The molecular formula is C10H24CuN2O2. The van der Waals surface area contributed by atoms with Crippen LogP contribution in [0.1, 0.15) is 41.5 Å². The third-order valence-electron chi connectivity index (χ3n) is 2.37. The summed E-state index contributed by atoms with van der Waals surface area (Å²) in [4.78, 5) is 0.